The van der Waals surface area contributed by atoms with Gasteiger partial charge in [-0.1, -0.05) is 120 Å². The molecule has 0 unspecified atom stereocenters. The normalized spacial score (nSPS) is 47.1. The molecule has 8 fully saturated rings. The first kappa shape index (κ1) is 56.6. The Kier molecular flexibility index (Phi) is 13.7. The minimum atomic E-state index is -0.384. The van der Waals surface area contributed by atoms with Crippen LogP contribution in [0.15, 0.2) is 23.3 Å². The van der Waals surface area contributed by atoms with Crippen molar-refractivity contribution in [2.45, 2.75) is 263 Å². The molecule has 0 aliphatic heterocycles. The van der Waals surface area contributed by atoms with Gasteiger partial charge in [0.1, 0.15) is 0 Å². The molecule has 0 aromatic rings. The van der Waals surface area contributed by atoms with Crippen LogP contribution >= 0.6 is 0 Å². The molecule has 2 N–H and O–H groups in total. The van der Waals surface area contributed by atoms with Crippen LogP contribution < -0.4 is 10.6 Å². The van der Waals surface area contributed by atoms with E-state index in [4.69, 9.17) is 9.47 Å². The molecule has 10 aliphatic rings. The van der Waals surface area contributed by atoms with Gasteiger partial charge in [-0.25, -0.2) is 0 Å². The van der Waals surface area contributed by atoms with Crippen molar-refractivity contribution in [3.8, 4) is 0 Å². The Labute approximate surface area is 462 Å². The molecular weight excluding hydrogens is 941 g/mol. The minimum Gasteiger partial charge on any atom is -0.469 e. The highest BCUT2D eigenvalue weighted by atomic mass is 16.5. The Morgan fingerprint density at radius 1 is 0.461 bits per heavy atom. The molecule has 10 rings (SSSR count). The van der Waals surface area contributed by atoms with Crippen molar-refractivity contribution in [2.24, 2.45) is 100 Å². The summed E-state index contributed by atoms with van der Waals surface area (Å²) in [5.41, 5.74) is 3.50. The van der Waals surface area contributed by atoms with Crippen LogP contribution in [0.5, 0.6) is 0 Å². The molecule has 2 amide bonds. The Morgan fingerprint density at radius 3 is 1.17 bits per heavy atom. The predicted molar refractivity (Wildman–Crippen MR) is 304 cm³/mol. The summed E-state index contributed by atoms with van der Waals surface area (Å²) < 4.78 is 11.2. The lowest BCUT2D eigenvalue weighted by atomic mass is 9.33. The van der Waals surface area contributed by atoms with E-state index >= 15 is 0 Å². The van der Waals surface area contributed by atoms with Gasteiger partial charge in [0.05, 0.1) is 25.0 Å². The third kappa shape index (κ3) is 7.98. The molecule has 8 saturated carbocycles. The zero-order valence-corrected chi connectivity index (χ0v) is 51.2. The molecule has 426 valence electrons. The highest BCUT2D eigenvalue weighted by Crippen LogP contribution is 2.78. The van der Waals surface area contributed by atoms with Crippen molar-refractivity contribution >= 4 is 23.8 Å². The molecule has 0 aromatic heterocycles. The molecule has 0 heterocycles. The maximum absolute atomic E-state index is 13.9. The number of methoxy groups -OCH3 is 2. The Balaban J connectivity index is 0.735. The summed E-state index contributed by atoms with van der Waals surface area (Å²) in [5.74, 6) is 2.98. The van der Waals surface area contributed by atoms with Gasteiger partial charge in [0.15, 0.2) is 0 Å². The first-order valence-electron chi connectivity index (χ1n) is 31.5. The van der Waals surface area contributed by atoms with E-state index in [9.17, 15) is 19.2 Å². The Bertz CT molecular complexity index is 2250. The van der Waals surface area contributed by atoms with Crippen LogP contribution in [-0.4, -0.2) is 50.1 Å². The van der Waals surface area contributed by atoms with Gasteiger partial charge < -0.3 is 20.1 Å². The molecule has 10 aliphatic carbocycles. The number of nitrogens with one attached hydrogen (secondary N) is 2. The van der Waals surface area contributed by atoms with E-state index < -0.39 is 0 Å². The number of amides is 2. The highest BCUT2D eigenvalue weighted by Gasteiger charge is 2.72. The number of unbranched alkanes of at least 4 members (excludes halogenated alkanes) is 1. The van der Waals surface area contributed by atoms with Crippen LogP contribution in [0.25, 0.3) is 0 Å². The van der Waals surface area contributed by atoms with Gasteiger partial charge in [0.25, 0.3) is 0 Å². The fraction of sp³-hybridized carbons (Fsp3) is 0.882. The molecule has 0 saturated heterocycles. The average Bonchev–Trinajstić information content (AvgIpc) is 3.35. The first-order valence-corrected chi connectivity index (χ1v) is 31.5. The lowest BCUT2D eigenvalue weighted by molar-refractivity contribution is -0.193. The molecule has 0 radical (unpaired) electrons. The summed E-state index contributed by atoms with van der Waals surface area (Å²) in [5, 5.41) is 7.19. The van der Waals surface area contributed by atoms with Gasteiger partial charge in [0.2, 0.25) is 11.8 Å². The van der Waals surface area contributed by atoms with E-state index in [0.717, 1.165) is 116 Å². The predicted octanol–water partition coefficient (Wildman–Crippen LogP) is 15.5. The molecule has 8 heteroatoms. The van der Waals surface area contributed by atoms with Crippen molar-refractivity contribution < 1.29 is 28.7 Å². The summed E-state index contributed by atoms with van der Waals surface area (Å²) in [6.45, 7) is 35.1. The SMILES string of the molecule is COC(=O)[C@]12CCC(C)(C)C[C@H]1C1=CC[C@@H]3[C@@]4(C)CC[C@H](NC(=O)CCCCC(=O)N[C@H]5CC[C@]6(C)[C@H]7CC=C8[C@@H]9CC(C)(C)CC[C@]9(C(=O)OC)CC[C@@]8(C)[C@]7(C)CC[C@H]6C5(C)C)C(C)(C)[C@@H]4CC[C@@]3(C)[C@]1(C)CC2. The summed E-state index contributed by atoms with van der Waals surface area (Å²) in [4.78, 5) is 55.2. The second-order valence-corrected chi connectivity index (χ2v) is 32.9. The number of esters is 2. The second kappa shape index (κ2) is 18.4. The van der Waals surface area contributed by atoms with Crippen LogP contribution in [0.4, 0.5) is 0 Å². The minimum absolute atomic E-state index is 0.0235. The topological polar surface area (TPSA) is 111 Å². The van der Waals surface area contributed by atoms with E-state index in [-0.39, 0.29) is 113 Å². The van der Waals surface area contributed by atoms with Gasteiger partial charge in [-0.3, -0.25) is 19.2 Å². The lowest BCUT2D eigenvalue weighted by Gasteiger charge is -2.71. The maximum Gasteiger partial charge on any atom is 0.312 e. The smallest absolute Gasteiger partial charge is 0.312 e. The van der Waals surface area contributed by atoms with Gasteiger partial charge in [-0.05, 0) is 231 Å². The van der Waals surface area contributed by atoms with Gasteiger partial charge in [-0.2, -0.15) is 0 Å². The maximum atomic E-state index is 13.9. The van der Waals surface area contributed by atoms with Crippen LogP contribution in [0.3, 0.4) is 0 Å². The van der Waals surface area contributed by atoms with Crippen molar-refractivity contribution in [3.05, 3.63) is 23.3 Å². The molecule has 0 aromatic carbocycles. The molecule has 8 nitrogen and oxygen atoms in total. The molecule has 16 atom stereocenters. The van der Waals surface area contributed by atoms with Gasteiger partial charge >= 0.3 is 11.9 Å². The highest BCUT2D eigenvalue weighted by molar-refractivity contribution is 5.80. The molecule has 0 spiro atoms. The Morgan fingerprint density at radius 2 is 0.816 bits per heavy atom. The number of carbonyl (C=O) groups excluding carboxylic acids is 4. The fourth-order valence-corrected chi connectivity index (χ4v) is 23.3. The summed E-state index contributed by atoms with van der Waals surface area (Å²) in [6, 6.07) is 0.278. The number of ether oxygens (including phenoxy) is 2. The zero-order chi connectivity index (χ0) is 55.3. The quantitative estimate of drug-likeness (QED) is 0.135. The largest absolute Gasteiger partial charge is 0.469 e. The van der Waals surface area contributed by atoms with Gasteiger partial charge in [-0.15, -0.1) is 0 Å². The number of rotatable bonds is 9. The third-order valence-corrected chi connectivity index (χ3v) is 28.3. The van der Waals surface area contributed by atoms with Crippen LogP contribution in [0.1, 0.15) is 251 Å². The van der Waals surface area contributed by atoms with Crippen LogP contribution in [-0.2, 0) is 28.7 Å². The van der Waals surface area contributed by atoms with Crippen molar-refractivity contribution in [2.75, 3.05) is 14.2 Å². The van der Waals surface area contributed by atoms with E-state index in [0.29, 0.717) is 36.5 Å². The summed E-state index contributed by atoms with van der Waals surface area (Å²) in [6.07, 6.45) is 29.0. The average molecular weight is 1050 g/mol. The number of hydrogen-bond donors (Lipinski definition) is 2. The van der Waals surface area contributed by atoms with Crippen LogP contribution in [0.2, 0.25) is 0 Å². The van der Waals surface area contributed by atoms with E-state index in [1.165, 1.54) is 25.7 Å². The van der Waals surface area contributed by atoms with Crippen molar-refractivity contribution in [3.63, 3.8) is 0 Å². The lowest BCUT2D eigenvalue weighted by Crippen LogP contribution is -2.66. The standard InChI is InChI=1S/C68H108N2O6/c1-57(2)33-37-67(55(73)75-15)39-35-63(11)43(45(67)41-57)21-23-49-61(9)29-27-51(59(5,6)47(61)25-31-65(49,63)13)69-53(71)19-17-18-20-54(72)70-52-28-30-62(10)48(60(52,7)8)26-32-66(14)50(62)24-22-44-46-42-58(3,4)34-38-68(46,56(74)76-16)40-36-64(44,66)12/h21-22,45-52H,17-20,23-42H2,1-16H3,(H,69,71)(H,70,72)/t45-,46-,47-,48-,49+,50+,51-,52-,61-,62-,63+,64+,65+,66+,67-,68-/m0/s1. The van der Waals surface area contributed by atoms with Crippen molar-refractivity contribution in [1.82, 2.24) is 10.6 Å². The van der Waals surface area contributed by atoms with Crippen molar-refractivity contribution in [1.29, 1.82) is 0 Å². The molecule has 0 bridgehead atoms. The zero-order valence-electron chi connectivity index (χ0n) is 51.2. The monoisotopic (exact) mass is 1050 g/mol. The third-order valence-electron chi connectivity index (χ3n) is 28.3. The molecule has 76 heavy (non-hydrogen) atoms. The summed E-state index contributed by atoms with van der Waals surface area (Å²) >= 11 is 0. The van der Waals surface area contributed by atoms with Gasteiger partial charge in [0, 0.05) is 24.9 Å². The first-order chi connectivity index (χ1) is 35.3. The number of hydrogen-bond acceptors (Lipinski definition) is 6. The fourth-order valence-electron chi connectivity index (χ4n) is 23.3. The molecular formula is C68H108N2O6. The van der Waals surface area contributed by atoms with E-state index in [2.05, 4.69) is 120 Å². The number of allylic oxidation sites excluding steroid dienone is 4. The van der Waals surface area contributed by atoms with E-state index in [1.807, 2.05) is 0 Å². The summed E-state index contributed by atoms with van der Waals surface area (Å²) in [7, 11) is 3.20. The number of carbonyl (C=O) groups is 4. The van der Waals surface area contributed by atoms with E-state index in [1.54, 1.807) is 25.4 Å². The second-order valence-electron chi connectivity index (χ2n) is 32.9. The Hall–Kier alpha value is -2.64. The van der Waals surface area contributed by atoms with Crippen LogP contribution in [0, 0.1) is 100 Å². The number of fused-ring (bicyclic) bond motifs is 14.